The Hall–Kier alpha value is -1.91. The smallest absolute Gasteiger partial charge is 0.213 e. The zero-order chi connectivity index (χ0) is 15.0. The van der Waals surface area contributed by atoms with Crippen molar-refractivity contribution < 1.29 is 13.9 Å². The normalized spacial score (nSPS) is 19.5. The van der Waals surface area contributed by atoms with Gasteiger partial charge in [-0.15, -0.1) is 0 Å². The van der Waals surface area contributed by atoms with E-state index in [4.69, 9.17) is 9.47 Å². The van der Waals surface area contributed by atoms with Crippen LogP contribution in [0.15, 0.2) is 42.5 Å². The summed E-state index contributed by atoms with van der Waals surface area (Å²) in [5, 5.41) is 3.32. The maximum Gasteiger partial charge on any atom is 0.213 e. The van der Waals surface area contributed by atoms with E-state index < -0.39 is 5.79 Å². The Kier molecular flexibility index (Phi) is 3.36. The molecule has 1 N–H and O–H groups in total. The zero-order valence-corrected chi connectivity index (χ0v) is 12.3. The Morgan fingerprint density at radius 1 is 0.955 bits per heavy atom. The highest BCUT2D eigenvalue weighted by atomic mass is 19.1. The van der Waals surface area contributed by atoms with Crippen LogP contribution in [0.5, 0.6) is 5.75 Å². The van der Waals surface area contributed by atoms with Crippen molar-refractivity contribution in [3.8, 4) is 16.9 Å². The topological polar surface area (TPSA) is 30.5 Å². The van der Waals surface area contributed by atoms with E-state index >= 15 is 0 Å². The molecular weight excluding hydrogens is 281 g/mol. The lowest BCUT2D eigenvalue weighted by Gasteiger charge is -2.41. The number of benzene rings is 2. The predicted molar refractivity (Wildman–Crippen MR) is 82.1 cm³/mol. The lowest BCUT2D eigenvalue weighted by molar-refractivity contribution is -0.218. The molecule has 2 heterocycles. The summed E-state index contributed by atoms with van der Waals surface area (Å²) in [6.45, 7) is 2.40. The number of hydrogen-bond donors (Lipinski definition) is 1. The number of halogens is 1. The van der Waals surface area contributed by atoms with Crippen LogP contribution in [0.1, 0.15) is 18.4 Å². The van der Waals surface area contributed by atoms with Crippen LogP contribution in [-0.2, 0) is 11.3 Å². The molecule has 0 saturated carbocycles. The first kappa shape index (κ1) is 13.7. The number of hydrogen-bond acceptors (Lipinski definition) is 3. The van der Waals surface area contributed by atoms with Crippen LogP contribution in [0.25, 0.3) is 11.1 Å². The molecule has 3 nitrogen and oxygen atoms in total. The Labute approximate surface area is 129 Å². The molecule has 1 fully saturated rings. The molecule has 114 valence electrons. The molecule has 2 aliphatic rings. The van der Waals surface area contributed by atoms with Crippen molar-refractivity contribution in [2.45, 2.75) is 25.2 Å². The molecule has 4 rings (SSSR count). The van der Waals surface area contributed by atoms with Crippen molar-refractivity contribution in [3.05, 3.63) is 53.8 Å². The van der Waals surface area contributed by atoms with E-state index in [0.717, 1.165) is 48.4 Å². The minimum absolute atomic E-state index is 0.221. The van der Waals surface area contributed by atoms with Crippen molar-refractivity contribution in [1.82, 2.24) is 5.32 Å². The second-order valence-electron chi connectivity index (χ2n) is 5.88. The highest BCUT2D eigenvalue weighted by Gasteiger charge is 2.38. The van der Waals surface area contributed by atoms with E-state index in [-0.39, 0.29) is 5.82 Å². The van der Waals surface area contributed by atoms with Gasteiger partial charge in [0.05, 0.1) is 6.61 Å². The van der Waals surface area contributed by atoms with Crippen LogP contribution >= 0.6 is 0 Å². The van der Waals surface area contributed by atoms with E-state index in [1.807, 2.05) is 12.1 Å². The number of piperidine rings is 1. The average Bonchev–Trinajstić information content (AvgIpc) is 2.56. The molecule has 0 atom stereocenters. The number of ether oxygens (including phenoxy) is 2. The summed E-state index contributed by atoms with van der Waals surface area (Å²) in [6, 6.07) is 12.6. The van der Waals surface area contributed by atoms with E-state index in [1.54, 1.807) is 12.1 Å². The first-order chi connectivity index (χ1) is 10.7. The van der Waals surface area contributed by atoms with Crippen LogP contribution in [0.3, 0.4) is 0 Å². The predicted octanol–water partition coefficient (Wildman–Crippen LogP) is 3.48. The third-order valence-corrected chi connectivity index (χ3v) is 4.39. The molecule has 4 heteroatoms. The van der Waals surface area contributed by atoms with E-state index in [1.165, 1.54) is 12.1 Å². The molecule has 0 radical (unpaired) electrons. The van der Waals surface area contributed by atoms with Crippen LogP contribution in [0.4, 0.5) is 4.39 Å². The van der Waals surface area contributed by atoms with Gasteiger partial charge in [0.25, 0.3) is 0 Å². The summed E-state index contributed by atoms with van der Waals surface area (Å²) in [4.78, 5) is 0. The number of fused-ring (bicyclic) bond motifs is 1. The fourth-order valence-electron chi connectivity index (χ4n) is 3.11. The van der Waals surface area contributed by atoms with Gasteiger partial charge in [0.1, 0.15) is 11.6 Å². The van der Waals surface area contributed by atoms with Crippen LogP contribution in [0, 0.1) is 5.82 Å². The lowest BCUT2D eigenvalue weighted by atomic mass is 10.00. The molecule has 0 aromatic heterocycles. The fraction of sp³-hybridized carbons (Fsp3) is 0.333. The summed E-state index contributed by atoms with van der Waals surface area (Å²) in [5.41, 5.74) is 3.09. The fourth-order valence-corrected chi connectivity index (χ4v) is 3.11. The first-order valence-electron chi connectivity index (χ1n) is 7.67. The Bertz CT molecular complexity index is 678. The quantitative estimate of drug-likeness (QED) is 0.874. The largest absolute Gasteiger partial charge is 0.462 e. The van der Waals surface area contributed by atoms with Crippen LogP contribution in [-0.4, -0.2) is 18.9 Å². The Balaban J connectivity index is 1.62. The molecule has 2 aromatic carbocycles. The monoisotopic (exact) mass is 299 g/mol. The third kappa shape index (κ3) is 2.49. The lowest BCUT2D eigenvalue weighted by Crippen LogP contribution is -2.49. The molecule has 0 amide bonds. The van der Waals surface area contributed by atoms with Crippen molar-refractivity contribution in [3.63, 3.8) is 0 Å². The SMILES string of the molecule is Fc1ccc(-c2ccc3c(c2)COC2(CCNCC2)O3)cc1. The first-order valence-corrected chi connectivity index (χ1v) is 7.67. The van der Waals surface area contributed by atoms with Gasteiger partial charge in [-0.3, -0.25) is 0 Å². The van der Waals surface area contributed by atoms with Crippen molar-refractivity contribution in [1.29, 1.82) is 0 Å². The summed E-state index contributed by atoms with van der Waals surface area (Å²) in [6.07, 6.45) is 1.73. The maximum atomic E-state index is 13.0. The summed E-state index contributed by atoms with van der Waals surface area (Å²) < 4.78 is 25.2. The average molecular weight is 299 g/mol. The van der Waals surface area contributed by atoms with Gasteiger partial charge in [-0.05, 0) is 35.4 Å². The minimum Gasteiger partial charge on any atom is -0.462 e. The maximum absolute atomic E-state index is 13.0. The molecule has 2 aromatic rings. The summed E-state index contributed by atoms with van der Waals surface area (Å²) >= 11 is 0. The van der Waals surface area contributed by atoms with Crippen molar-refractivity contribution in [2.75, 3.05) is 13.1 Å². The molecule has 2 aliphatic heterocycles. The van der Waals surface area contributed by atoms with Gasteiger partial charge in [-0.2, -0.15) is 0 Å². The van der Waals surface area contributed by atoms with Gasteiger partial charge >= 0.3 is 0 Å². The van der Waals surface area contributed by atoms with Crippen molar-refractivity contribution >= 4 is 0 Å². The standard InChI is InChI=1S/C18H18FNO2/c19-16-4-1-13(2-5-16)14-3-6-17-15(11-14)12-21-18(22-17)7-9-20-10-8-18/h1-6,11,20H,7-10,12H2. The van der Waals surface area contributed by atoms with Gasteiger partial charge in [0.2, 0.25) is 5.79 Å². The van der Waals surface area contributed by atoms with Crippen LogP contribution < -0.4 is 10.1 Å². The molecule has 0 bridgehead atoms. The highest BCUT2D eigenvalue weighted by molar-refractivity contribution is 5.65. The molecule has 1 spiro atoms. The van der Waals surface area contributed by atoms with Gasteiger partial charge in [-0.1, -0.05) is 18.2 Å². The third-order valence-electron chi connectivity index (χ3n) is 4.39. The van der Waals surface area contributed by atoms with Gasteiger partial charge < -0.3 is 14.8 Å². The Morgan fingerprint density at radius 2 is 1.68 bits per heavy atom. The molecular formula is C18H18FNO2. The highest BCUT2D eigenvalue weighted by Crippen LogP contribution is 2.38. The van der Waals surface area contributed by atoms with E-state index in [9.17, 15) is 4.39 Å². The van der Waals surface area contributed by atoms with Gasteiger partial charge in [0, 0.05) is 31.5 Å². The van der Waals surface area contributed by atoms with Gasteiger partial charge in [-0.25, -0.2) is 4.39 Å². The van der Waals surface area contributed by atoms with Crippen LogP contribution in [0.2, 0.25) is 0 Å². The number of nitrogens with one attached hydrogen (secondary N) is 1. The molecule has 0 aliphatic carbocycles. The second kappa shape index (κ2) is 5.38. The zero-order valence-electron chi connectivity index (χ0n) is 12.3. The molecule has 0 unspecified atom stereocenters. The summed E-state index contributed by atoms with van der Waals surface area (Å²) in [5.74, 6) is 0.218. The summed E-state index contributed by atoms with van der Waals surface area (Å²) in [7, 11) is 0. The number of rotatable bonds is 1. The van der Waals surface area contributed by atoms with Gasteiger partial charge in [0.15, 0.2) is 0 Å². The minimum atomic E-state index is -0.463. The van der Waals surface area contributed by atoms with Crippen molar-refractivity contribution in [2.24, 2.45) is 0 Å². The molecule has 22 heavy (non-hydrogen) atoms. The Morgan fingerprint density at radius 3 is 2.45 bits per heavy atom. The van der Waals surface area contributed by atoms with E-state index in [0.29, 0.717) is 6.61 Å². The van der Waals surface area contributed by atoms with E-state index in [2.05, 4.69) is 11.4 Å². The second-order valence-corrected chi connectivity index (χ2v) is 5.88. The molecule has 1 saturated heterocycles.